The molecule has 0 saturated carbocycles. The number of amides is 2. The Morgan fingerprint density at radius 2 is 1.82 bits per heavy atom. The molecule has 2 aliphatic heterocycles. The summed E-state index contributed by atoms with van der Waals surface area (Å²) >= 11 is 0. The zero-order chi connectivity index (χ0) is 16.2. The molecule has 2 amide bonds. The minimum atomic E-state index is -1.04. The van der Waals surface area contributed by atoms with Gasteiger partial charge in [0, 0.05) is 39.2 Å². The number of esters is 1. The van der Waals surface area contributed by atoms with Crippen LogP contribution in [0.25, 0.3) is 0 Å². The second-order valence-electron chi connectivity index (χ2n) is 5.70. The van der Waals surface area contributed by atoms with E-state index < -0.39 is 11.6 Å². The number of hydrogen-bond acceptors (Lipinski definition) is 6. The summed E-state index contributed by atoms with van der Waals surface area (Å²) < 4.78 is 10.1. The number of carbonyl (C=O) groups excluding carboxylic acids is 2. The highest BCUT2D eigenvalue weighted by Crippen LogP contribution is 2.26. The molecule has 1 N–H and O–H groups in total. The second kappa shape index (κ2) is 7.26. The van der Waals surface area contributed by atoms with Crippen LogP contribution >= 0.6 is 0 Å². The molecule has 2 aliphatic rings. The van der Waals surface area contributed by atoms with Crippen molar-refractivity contribution in [2.75, 3.05) is 47.5 Å². The first-order valence-electron chi connectivity index (χ1n) is 7.52. The molecule has 0 aromatic rings. The van der Waals surface area contributed by atoms with Crippen molar-refractivity contribution in [2.45, 2.75) is 30.9 Å². The smallest absolute Gasteiger partial charge is 0.340 e. The monoisotopic (exact) mass is 315 g/mol. The second-order valence-corrected chi connectivity index (χ2v) is 5.70. The van der Waals surface area contributed by atoms with Gasteiger partial charge in [-0.05, 0) is 12.8 Å². The first-order chi connectivity index (χ1) is 10.5. The first kappa shape index (κ1) is 17.0. The van der Waals surface area contributed by atoms with Gasteiger partial charge in [0.25, 0.3) is 0 Å². The van der Waals surface area contributed by atoms with Crippen LogP contribution in [-0.4, -0.2) is 81.1 Å². The van der Waals surface area contributed by atoms with Crippen LogP contribution in [0, 0.1) is 0 Å². The van der Waals surface area contributed by atoms with Crippen LogP contribution in [0.3, 0.4) is 0 Å². The van der Waals surface area contributed by atoms with Gasteiger partial charge in [-0.1, -0.05) is 0 Å². The van der Waals surface area contributed by atoms with Crippen molar-refractivity contribution in [3.8, 4) is 0 Å². The van der Waals surface area contributed by atoms with Gasteiger partial charge >= 0.3 is 12.0 Å². The van der Waals surface area contributed by atoms with Crippen LogP contribution in [0.2, 0.25) is 0 Å². The molecule has 8 heteroatoms. The Kier molecular flexibility index (Phi) is 5.60. The molecule has 1 unspecified atom stereocenters. The van der Waals surface area contributed by atoms with Gasteiger partial charge in [0.2, 0.25) is 0 Å². The zero-order valence-electron chi connectivity index (χ0n) is 13.5. The van der Waals surface area contributed by atoms with E-state index in [0.29, 0.717) is 13.0 Å². The molecular formula is C14H25N3O5. The van der Waals surface area contributed by atoms with Gasteiger partial charge in [-0.15, -0.1) is 0 Å². The number of methoxy groups -OCH3 is 2. The maximum absolute atomic E-state index is 12.3. The van der Waals surface area contributed by atoms with E-state index in [1.165, 1.54) is 14.2 Å². The summed E-state index contributed by atoms with van der Waals surface area (Å²) in [7, 11) is 4.45. The van der Waals surface area contributed by atoms with Gasteiger partial charge < -0.3 is 24.5 Å². The highest BCUT2D eigenvalue weighted by molar-refractivity contribution is 5.83. The quantitative estimate of drug-likeness (QED) is 0.735. The van der Waals surface area contributed by atoms with Gasteiger partial charge in [-0.25, -0.2) is 9.59 Å². The Morgan fingerprint density at radius 3 is 2.36 bits per heavy atom. The highest BCUT2D eigenvalue weighted by Gasteiger charge is 2.47. The molecule has 8 nitrogen and oxygen atoms in total. The number of carbonyl (C=O) groups is 2. The Balaban J connectivity index is 1.85. The lowest BCUT2D eigenvalue weighted by molar-refractivity contribution is -0.164. The van der Waals surface area contributed by atoms with Gasteiger partial charge in [-0.2, -0.15) is 5.06 Å². The lowest BCUT2D eigenvalue weighted by Gasteiger charge is -2.32. The molecule has 0 aromatic heterocycles. The average molecular weight is 315 g/mol. The van der Waals surface area contributed by atoms with Crippen LogP contribution in [0.4, 0.5) is 4.79 Å². The van der Waals surface area contributed by atoms with E-state index in [-0.39, 0.29) is 18.6 Å². The number of ether oxygens (including phenoxy) is 2. The predicted octanol–water partition coefficient (Wildman–Crippen LogP) is -0.0143. The maximum atomic E-state index is 12.3. The molecule has 0 spiro atoms. The molecule has 2 fully saturated rings. The summed E-state index contributed by atoms with van der Waals surface area (Å²) in [6.45, 7) is 2.29. The zero-order valence-corrected chi connectivity index (χ0v) is 13.5. The molecular weight excluding hydrogens is 290 g/mol. The Hall–Kier alpha value is -1.38. The molecule has 22 heavy (non-hydrogen) atoms. The molecule has 2 saturated heterocycles. The summed E-state index contributed by atoms with van der Waals surface area (Å²) in [6, 6.07) is -0.0201. The molecule has 2 rings (SSSR count). The Labute approximate surface area is 130 Å². The summed E-state index contributed by atoms with van der Waals surface area (Å²) in [6.07, 6.45) is 2.14. The predicted molar refractivity (Wildman–Crippen MR) is 78.1 cm³/mol. The fraction of sp³-hybridized carbons (Fsp3) is 0.857. The third-order valence-electron chi connectivity index (χ3n) is 4.51. The van der Waals surface area contributed by atoms with Crippen molar-refractivity contribution in [3.63, 3.8) is 0 Å². The summed E-state index contributed by atoms with van der Waals surface area (Å²) in [5, 5.41) is 4.90. The molecule has 126 valence electrons. The van der Waals surface area contributed by atoms with Crippen molar-refractivity contribution in [1.82, 2.24) is 15.3 Å². The topological polar surface area (TPSA) is 80.3 Å². The maximum Gasteiger partial charge on any atom is 0.340 e. The van der Waals surface area contributed by atoms with Crippen molar-refractivity contribution in [1.29, 1.82) is 0 Å². The van der Waals surface area contributed by atoms with Gasteiger partial charge in [0.15, 0.2) is 5.60 Å². The van der Waals surface area contributed by atoms with Gasteiger partial charge in [0.1, 0.15) is 0 Å². The number of hydrogen-bond donors (Lipinski definition) is 1. The van der Waals surface area contributed by atoms with E-state index in [4.69, 9.17) is 14.3 Å². The number of nitrogens with one attached hydrogen (secondary N) is 1. The number of nitrogens with zero attached hydrogens (tertiary/aromatic N) is 2. The van der Waals surface area contributed by atoms with Crippen molar-refractivity contribution < 1.29 is 23.9 Å². The average Bonchev–Trinajstić information content (AvgIpc) is 3.01. The number of rotatable bonds is 4. The fourth-order valence-electron chi connectivity index (χ4n) is 3.01. The van der Waals surface area contributed by atoms with E-state index in [1.54, 1.807) is 12.0 Å². The van der Waals surface area contributed by atoms with Gasteiger partial charge in [0.05, 0.1) is 20.8 Å². The Morgan fingerprint density at radius 1 is 1.14 bits per heavy atom. The standard InChI is InChI=1S/C14H25N3O5/c1-20-12(18)14(21-2)6-9-16(10-14)13(19)15-11-4-7-17(22-3)8-5-11/h11H,4-10H2,1-3H3,(H,15,19). The number of piperidine rings is 1. The summed E-state index contributed by atoms with van der Waals surface area (Å²) in [5.74, 6) is -0.432. The van der Waals surface area contributed by atoms with E-state index in [0.717, 1.165) is 25.9 Å². The summed E-state index contributed by atoms with van der Waals surface area (Å²) in [5.41, 5.74) is -1.04. The van der Waals surface area contributed by atoms with E-state index in [1.807, 2.05) is 5.06 Å². The lowest BCUT2D eigenvalue weighted by atomic mass is 10.0. The highest BCUT2D eigenvalue weighted by atomic mass is 16.7. The number of hydroxylamine groups is 2. The normalized spacial score (nSPS) is 27.0. The summed E-state index contributed by atoms with van der Waals surface area (Å²) in [4.78, 5) is 31.0. The SMILES string of the molecule is COC(=O)C1(OC)CCN(C(=O)NC2CCN(OC)CC2)C1. The largest absolute Gasteiger partial charge is 0.467 e. The molecule has 0 bridgehead atoms. The minimum absolute atomic E-state index is 0.134. The number of likely N-dealkylation sites (tertiary alicyclic amines) is 1. The third-order valence-corrected chi connectivity index (χ3v) is 4.51. The van der Waals surface area contributed by atoms with Crippen LogP contribution in [-0.2, 0) is 19.1 Å². The van der Waals surface area contributed by atoms with Crippen molar-refractivity contribution >= 4 is 12.0 Å². The van der Waals surface area contributed by atoms with Gasteiger partial charge in [-0.3, -0.25) is 0 Å². The minimum Gasteiger partial charge on any atom is -0.467 e. The molecule has 1 atom stereocenters. The Bertz CT molecular complexity index is 411. The van der Waals surface area contributed by atoms with Crippen LogP contribution < -0.4 is 5.32 Å². The molecule has 2 heterocycles. The molecule has 0 radical (unpaired) electrons. The van der Waals surface area contributed by atoms with Crippen LogP contribution in [0.5, 0.6) is 0 Å². The fourth-order valence-corrected chi connectivity index (χ4v) is 3.01. The van der Waals surface area contributed by atoms with E-state index >= 15 is 0 Å². The number of urea groups is 1. The first-order valence-corrected chi connectivity index (χ1v) is 7.52. The molecule has 0 aliphatic carbocycles. The van der Waals surface area contributed by atoms with Crippen molar-refractivity contribution in [3.05, 3.63) is 0 Å². The molecule has 0 aromatic carbocycles. The van der Waals surface area contributed by atoms with Crippen molar-refractivity contribution in [2.24, 2.45) is 0 Å². The van der Waals surface area contributed by atoms with E-state index in [2.05, 4.69) is 5.32 Å². The van der Waals surface area contributed by atoms with Crippen LogP contribution in [0.15, 0.2) is 0 Å². The third kappa shape index (κ3) is 3.50. The van der Waals surface area contributed by atoms with Crippen LogP contribution in [0.1, 0.15) is 19.3 Å². The lowest BCUT2D eigenvalue weighted by Crippen LogP contribution is -2.50. The van der Waals surface area contributed by atoms with E-state index in [9.17, 15) is 9.59 Å².